The molecule has 1 aliphatic rings. The molecule has 0 saturated heterocycles. The van der Waals surface area contributed by atoms with Crippen molar-refractivity contribution in [3.63, 3.8) is 0 Å². The fourth-order valence-corrected chi connectivity index (χ4v) is 0.717. The molecule has 0 bridgehead atoms. The number of hydrogen-bond donors (Lipinski definition) is 2. The summed E-state index contributed by atoms with van der Waals surface area (Å²) in [5.41, 5.74) is 10.8. The molecule has 2 nitrogen and oxygen atoms in total. The third-order valence-corrected chi connectivity index (χ3v) is 1.50. The molecule has 50 valence electrons. The van der Waals surface area contributed by atoms with E-state index in [9.17, 15) is 0 Å². The Morgan fingerprint density at radius 1 is 1.50 bits per heavy atom. The van der Waals surface area contributed by atoms with Gasteiger partial charge in [-0.05, 0) is 18.8 Å². The van der Waals surface area contributed by atoms with Crippen molar-refractivity contribution in [3.05, 3.63) is 0 Å². The normalized spacial score (nSPS) is 21.8. The molecule has 0 aromatic carbocycles. The Morgan fingerprint density at radius 3 is 2.12 bits per heavy atom. The summed E-state index contributed by atoms with van der Waals surface area (Å²) in [7, 11) is 0. The van der Waals surface area contributed by atoms with Crippen molar-refractivity contribution in [2.45, 2.75) is 18.9 Å². The van der Waals surface area contributed by atoms with Gasteiger partial charge in [0.15, 0.2) is 0 Å². The van der Waals surface area contributed by atoms with E-state index in [1.54, 1.807) is 0 Å². The zero-order chi connectivity index (χ0) is 5.28. The van der Waals surface area contributed by atoms with Gasteiger partial charge in [-0.2, -0.15) is 0 Å². The minimum absolute atomic E-state index is 0. The second-order valence-corrected chi connectivity index (χ2v) is 2.24. The maximum atomic E-state index is 5.55. The highest BCUT2D eigenvalue weighted by Crippen LogP contribution is 2.30. The highest BCUT2D eigenvalue weighted by molar-refractivity contribution is 5.85. The van der Waals surface area contributed by atoms with E-state index >= 15 is 0 Å². The fourth-order valence-electron chi connectivity index (χ4n) is 0.717. The van der Waals surface area contributed by atoms with Crippen LogP contribution < -0.4 is 11.5 Å². The fraction of sp³-hybridized carbons (Fsp3) is 1.00. The summed E-state index contributed by atoms with van der Waals surface area (Å²) in [5.74, 6) is 0.769. The van der Waals surface area contributed by atoms with Crippen LogP contribution >= 0.6 is 12.4 Å². The molecule has 1 saturated carbocycles. The van der Waals surface area contributed by atoms with Crippen LogP contribution in [0.5, 0.6) is 0 Å². The molecule has 0 aromatic rings. The van der Waals surface area contributed by atoms with Crippen LogP contribution in [-0.2, 0) is 0 Å². The van der Waals surface area contributed by atoms with E-state index < -0.39 is 0 Å². The van der Waals surface area contributed by atoms with E-state index in [0.29, 0.717) is 12.6 Å². The van der Waals surface area contributed by atoms with Gasteiger partial charge in [0.2, 0.25) is 0 Å². The Labute approximate surface area is 56.0 Å². The third-order valence-electron chi connectivity index (χ3n) is 1.50. The highest BCUT2D eigenvalue weighted by atomic mass is 35.5. The molecule has 0 spiro atoms. The zero-order valence-corrected chi connectivity index (χ0v) is 5.66. The number of rotatable bonds is 2. The van der Waals surface area contributed by atoms with Crippen molar-refractivity contribution in [2.24, 2.45) is 17.4 Å². The van der Waals surface area contributed by atoms with Crippen LogP contribution in [-0.4, -0.2) is 12.6 Å². The number of nitrogens with two attached hydrogens (primary N) is 2. The molecule has 0 amide bonds. The van der Waals surface area contributed by atoms with Gasteiger partial charge in [0, 0.05) is 12.6 Å². The Hall–Kier alpha value is 0.210. The molecule has 3 heteroatoms. The van der Waals surface area contributed by atoms with Crippen LogP contribution in [0.15, 0.2) is 0 Å². The predicted molar refractivity (Wildman–Crippen MR) is 37.0 cm³/mol. The standard InChI is InChI=1S/C5H12N2.ClH/c6-3-5(7)4-1-2-4;/h4-5H,1-3,6-7H2;1H/t5-;/m1./s1. The average Bonchev–Trinajstić information content (AvgIpc) is 2.44. The lowest BCUT2D eigenvalue weighted by Crippen LogP contribution is -2.31. The van der Waals surface area contributed by atoms with Gasteiger partial charge >= 0.3 is 0 Å². The summed E-state index contributed by atoms with van der Waals surface area (Å²) in [6.45, 7) is 0.657. The molecule has 0 heterocycles. The molecule has 1 aliphatic carbocycles. The van der Waals surface area contributed by atoms with E-state index in [-0.39, 0.29) is 12.4 Å². The van der Waals surface area contributed by atoms with Gasteiger partial charge in [-0.15, -0.1) is 12.4 Å². The van der Waals surface area contributed by atoms with Crippen molar-refractivity contribution in [1.82, 2.24) is 0 Å². The largest absolute Gasteiger partial charge is 0.329 e. The van der Waals surface area contributed by atoms with Crippen molar-refractivity contribution < 1.29 is 0 Å². The first-order chi connectivity index (χ1) is 3.34. The zero-order valence-electron chi connectivity index (χ0n) is 4.84. The summed E-state index contributed by atoms with van der Waals surface area (Å²) in [4.78, 5) is 0. The van der Waals surface area contributed by atoms with Crippen LogP contribution in [0.3, 0.4) is 0 Å². The quantitative estimate of drug-likeness (QED) is 0.566. The molecular formula is C5H13ClN2. The summed E-state index contributed by atoms with van der Waals surface area (Å²) >= 11 is 0. The van der Waals surface area contributed by atoms with Gasteiger partial charge in [0.25, 0.3) is 0 Å². The van der Waals surface area contributed by atoms with Crippen LogP contribution in [0.1, 0.15) is 12.8 Å². The van der Waals surface area contributed by atoms with E-state index in [2.05, 4.69) is 0 Å². The van der Waals surface area contributed by atoms with Gasteiger partial charge < -0.3 is 11.5 Å². The molecule has 0 aromatic heterocycles. The smallest absolute Gasteiger partial charge is 0.0191 e. The first-order valence-electron chi connectivity index (χ1n) is 2.80. The maximum Gasteiger partial charge on any atom is 0.0191 e. The van der Waals surface area contributed by atoms with Crippen LogP contribution in [0.25, 0.3) is 0 Å². The van der Waals surface area contributed by atoms with Crippen LogP contribution in [0, 0.1) is 5.92 Å². The lowest BCUT2D eigenvalue weighted by molar-refractivity contribution is 0.605. The maximum absolute atomic E-state index is 5.55. The SMILES string of the molecule is Cl.NC[C@@H](N)C1CC1. The van der Waals surface area contributed by atoms with Crippen molar-refractivity contribution >= 4 is 12.4 Å². The summed E-state index contributed by atoms with van der Waals surface area (Å²) in [6.07, 6.45) is 2.61. The summed E-state index contributed by atoms with van der Waals surface area (Å²) < 4.78 is 0. The van der Waals surface area contributed by atoms with Crippen molar-refractivity contribution in [3.8, 4) is 0 Å². The summed E-state index contributed by atoms with van der Waals surface area (Å²) in [6, 6.07) is 0.292. The molecular weight excluding hydrogens is 124 g/mol. The topological polar surface area (TPSA) is 52.0 Å². The Balaban J connectivity index is 0.000000490. The molecule has 8 heavy (non-hydrogen) atoms. The van der Waals surface area contributed by atoms with Crippen molar-refractivity contribution in [2.75, 3.05) is 6.54 Å². The average molecular weight is 137 g/mol. The first-order valence-corrected chi connectivity index (χ1v) is 2.80. The Bertz CT molecular complexity index is 63.4. The molecule has 1 fully saturated rings. The molecule has 0 radical (unpaired) electrons. The Morgan fingerprint density at radius 2 is 2.00 bits per heavy atom. The number of halogens is 1. The lowest BCUT2D eigenvalue weighted by atomic mass is 10.2. The van der Waals surface area contributed by atoms with Gasteiger partial charge in [-0.25, -0.2) is 0 Å². The van der Waals surface area contributed by atoms with Crippen LogP contribution in [0.2, 0.25) is 0 Å². The van der Waals surface area contributed by atoms with Gasteiger partial charge in [0.05, 0.1) is 0 Å². The minimum Gasteiger partial charge on any atom is -0.329 e. The summed E-state index contributed by atoms with van der Waals surface area (Å²) in [5, 5.41) is 0. The third kappa shape index (κ3) is 1.99. The molecule has 4 N–H and O–H groups in total. The Kier molecular flexibility index (Phi) is 3.36. The van der Waals surface area contributed by atoms with Gasteiger partial charge in [-0.1, -0.05) is 0 Å². The number of hydrogen-bond acceptors (Lipinski definition) is 2. The molecule has 0 unspecified atom stereocenters. The molecule has 1 rings (SSSR count). The lowest BCUT2D eigenvalue weighted by Gasteiger charge is -2.02. The highest BCUT2D eigenvalue weighted by Gasteiger charge is 2.26. The van der Waals surface area contributed by atoms with E-state index in [0.717, 1.165) is 5.92 Å². The van der Waals surface area contributed by atoms with E-state index in [1.807, 2.05) is 0 Å². The first kappa shape index (κ1) is 8.21. The second kappa shape index (κ2) is 3.28. The monoisotopic (exact) mass is 136 g/mol. The van der Waals surface area contributed by atoms with Gasteiger partial charge in [0.1, 0.15) is 0 Å². The van der Waals surface area contributed by atoms with Crippen LogP contribution in [0.4, 0.5) is 0 Å². The van der Waals surface area contributed by atoms with E-state index in [1.165, 1.54) is 12.8 Å². The molecule has 0 aliphatic heterocycles. The van der Waals surface area contributed by atoms with Gasteiger partial charge in [-0.3, -0.25) is 0 Å². The van der Waals surface area contributed by atoms with E-state index in [4.69, 9.17) is 11.5 Å². The molecule has 1 atom stereocenters. The minimum atomic E-state index is 0. The van der Waals surface area contributed by atoms with Crippen molar-refractivity contribution in [1.29, 1.82) is 0 Å². The predicted octanol–water partition coefficient (Wildman–Crippen LogP) is 0.104. The second-order valence-electron chi connectivity index (χ2n) is 2.24.